The number of hydrogen-bond donors (Lipinski definition) is 0. The average molecular weight is 164 g/mol. The predicted molar refractivity (Wildman–Crippen MR) is 51.5 cm³/mol. The molecular formula is C11H16O. The monoisotopic (exact) mass is 164 g/mol. The summed E-state index contributed by atoms with van der Waals surface area (Å²) in [6.07, 6.45) is 8.10. The molecule has 0 radical (unpaired) electrons. The molecule has 0 aromatic carbocycles. The van der Waals surface area contributed by atoms with Crippen molar-refractivity contribution < 1.29 is 4.74 Å². The van der Waals surface area contributed by atoms with E-state index >= 15 is 0 Å². The minimum absolute atomic E-state index is 0.0198. The van der Waals surface area contributed by atoms with E-state index in [-0.39, 0.29) is 6.10 Å². The van der Waals surface area contributed by atoms with Crippen LogP contribution in [0.15, 0.2) is 0 Å². The van der Waals surface area contributed by atoms with Crippen LogP contribution in [-0.4, -0.2) is 12.7 Å². The zero-order chi connectivity index (χ0) is 9.23. The van der Waals surface area contributed by atoms with Crippen molar-refractivity contribution in [1.82, 2.24) is 0 Å². The Balaban J connectivity index is 3.44. The molecule has 0 N–H and O–H groups in total. The van der Waals surface area contributed by atoms with Crippen LogP contribution in [0.5, 0.6) is 0 Å². The molecule has 0 heterocycles. The second-order valence-electron chi connectivity index (χ2n) is 2.43. The van der Waals surface area contributed by atoms with Crippen LogP contribution in [0.2, 0.25) is 0 Å². The van der Waals surface area contributed by atoms with Gasteiger partial charge in [0.1, 0.15) is 6.10 Å². The normalized spacial score (nSPS) is 11.1. The molecular weight excluding hydrogens is 148 g/mol. The van der Waals surface area contributed by atoms with Crippen LogP contribution in [0.25, 0.3) is 0 Å². The van der Waals surface area contributed by atoms with Gasteiger partial charge in [0.2, 0.25) is 0 Å². The summed E-state index contributed by atoms with van der Waals surface area (Å²) in [6.45, 7) is 4.49. The highest BCUT2D eigenvalue weighted by Gasteiger charge is 2.01. The van der Waals surface area contributed by atoms with E-state index in [1.165, 1.54) is 0 Å². The Kier molecular flexibility index (Phi) is 7.55. The van der Waals surface area contributed by atoms with E-state index in [2.05, 4.69) is 17.8 Å². The highest BCUT2D eigenvalue weighted by Crippen LogP contribution is 2.03. The van der Waals surface area contributed by atoms with Gasteiger partial charge in [0.05, 0.1) is 0 Å². The van der Waals surface area contributed by atoms with Crippen LogP contribution in [-0.2, 0) is 4.74 Å². The van der Waals surface area contributed by atoms with Crippen molar-refractivity contribution in [3.05, 3.63) is 0 Å². The summed E-state index contributed by atoms with van der Waals surface area (Å²) >= 11 is 0. The third-order valence-corrected chi connectivity index (χ3v) is 1.50. The molecule has 66 valence electrons. The smallest absolute Gasteiger partial charge is 0.117 e. The molecule has 0 saturated carbocycles. The van der Waals surface area contributed by atoms with Gasteiger partial charge in [-0.3, -0.25) is 0 Å². The predicted octanol–water partition coefficient (Wildman–Crippen LogP) is 2.22. The molecule has 0 bridgehead atoms. The van der Waals surface area contributed by atoms with Crippen molar-refractivity contribution >= 4 is 0 Å². The van der Waals surface area contributed by atoms with Crippen LogP contribution < -0.4 is 0 Å². The van der Waals surface area contributed by atoms with Crippen LogP contribution in [0.4, 0.5) is 0 Å². The zero-order valence-electron chi connectivity index (χ0n) is 7.89. The van der Waals surface area contributed by atoms with E-state index in [0.29, 0.717) is 6.61 Å². The largest absolute Gasteiger partial charge is 0.366 e. The average Bonchev–Trinajstić information content (AvgIpc) is 2.10. The Morgan fingerprint density at radius 1 is 1.50 bits per heavy atom. The van der Waals surface area contributed by atoms with Gasteiger partial charge in [-0.05, 0) is 26.7 Å². The van der Waals surface area contributed by atoms with E-state index in [0.717, 1.165) is 19.3 Å². The Bertz CT molecular complexity index is 189. The first-order valence-corrected chi connectivity index (χ1v) is 4.32. The summed E-state index contributed by atoms with van der Waals surface area (Å²) < 4.78 is 5.29. The second kappa shape index (κ2) is 8.18. The standard InChI is InChI=1S/C11H16O/c1-4-7-8-9-10-11(5-2)12-6-3/h2,11H,6,8-10H2,1,3H3. The quantitative estimate of drug-likeness (QED) is 0.447. The maximum Gasteiger partial charge on any atom is 0.117 e. The molecule has 0 spiro atoms. The second-order valence-corrected chi connectivity index (χ2v) is 2.43. The number of terminal acetylenes is 1. The number of unbranched alkanes of at least 4 members (excludes halogenated alkanes) is 1. The fourth-order valence-corrected chi connectivity index (χ4v) is 0.917. The third kappa shape index (κ3) is 5.83. The molecule has 0 aliphatic carbocycles. The SMILES string of the molecule is C#CC(CCCC#CC)OCC. The van der Waals surface area contributed by atoms with Crippen molar-refractivity contribution in [2.45, 2.75) is 39.2 Å². The van der Waals surface area contributed by atoms with E-state index in [1.807, 2.05) is 13.8 Å². The van der Waals surface area contributed by atoms with Gasteiger partial charge in [0.15, 0.2) is 0 Å². The molecule has 1 nitrogen and oxygen atoms in total. The number of ether oxygens (including phenoxy) is 1. The molecule has 1 unspecified atom stereocenters. The summed E-state index contributed by atoms with van der Waals surface area (Å²) in [5, 5.41) is 0. The number of rotatable bonds is 5. The fraction of sp³-hybridized carbons (Fsp3) is 0.636. The first-order chi connectivity index (χ1) is 5.85. The van der Waals surface area contributed by atoms with Crippen LogP contribution in [0, 0.1) is 24.2 Å². The molecule has 1 atom stereocenters. The van der Waals surface area contributed by atoms with Gasteiger partial charge < -0.3 is 4.74 Å². The summed E-state index contributed by atoms with van der Waals surface area (Å²) in [6, 6.07) is 0. The minimum Gasteiger partial charge on any atom is -0.366 e. The van der Waals surface area contributed by atoms with Crippen molar-refractivity contribution in [2.75, 3.05) is 6.61 Å². The first kappa shape index (κ1) is 11.1. The Morgan fingerprint density at radius 2 is 2.25 bits per heavy atom. The minimum atomic E-state index is -0.0198. The number of hydrogen-bond acceptors (Lipinski definition) is 1. The lowest BCUT2D eigenvalue weighted by Crippen LogP contribution is -2.09. The van der Waals surface area contributed by atoms with Crippen molar-refractivity contribution in [3.8, 4) is 24.2 Å². The lowest BCUT2D eigenvalue weighted by Gasteiger charge is -2.08. The van der Waals surface area contributed by atoms with Crippen molar-refractivity contribution in [3.63, 3.8) is 0 Å². The maximum atomic E-state index is 5.29. The lowest BCUT2D eigenvalue weighted by molar-refractivity contribution is 0.0958. The third-order valence-electron chi connectivity index (χ3n) is 1.50. The Hall–Kier alpha value is -0.920. The topological polar surface area (TPSA) is 9.23 Å². The van der Waals surface area contributed by atoms with Gasteiger partial charge >= 0.3 is 0 Å². The molecule has 0 rings (SSSR count). The molecule has 0 aliphatic heterocycles. The molecule has 0 amide bonds. The van der Waals surface area contributed by atoms with Gasteiger partial charge in [-0.15, -0.1) is 18.3 Å². The zero-order valence-corrected chi connectivity index (χ0v) is 7.89. The summed E-state index contributed by atoms with van der Waals surface area (Å²) in [4.78, 5) is 0. The first-order valence-electron chi connectivity index (χ1n) is 4.32. The van der Waals surface area contributed by atoms with E-state index in [9.17, 15) is 0 Å². The van der Waals surface area contributed by atoms with Gasteiger partial charge in [-0.25, -0.2) is 0 Å². The van der Waals surface area contributed by atoms with Gasteiger partial charge in [-0.2, -0.15) is 0 Å². The Morgan fingerprint density at radius 3 is 2.75 bits per heavy atom. The van der Waals surface area contributed by atoms with Gasteiger partial charge in [0, 0.05) is 13.0 Å². The van der Waals surface area contributed by atoms with Crippen LogP contribution in [0.3, 0.4) is 0 Å². The highest BCUT2D eigenvalue weighted by atomic mass is 16.5. The van der Waals surface area contributed by atoms with E-state index in [1.54, 1.807) is 0 Å². The van der Waals surface area contributed by atoms with Gasteiger partial charge in [0.25, 0.3) is 0 Å². The molecule has 0 aromatic rings. The molecule has 1 heteroatoms. The molecule has 0 fully saturated rings. The van der Waals surface area contributed by atoms with Gasteiger partial charge in [-0.1, -0.05) is 5.92 Å². The summed E-state index contributed by atoms with van der Waals surface area (Å²) in [5.41, 5.74) is 0. The molecule has 0 aromatic heterocycles. The Labute approximate surface area is 75.5 Å². The van der Waals surface area contributed by atoms with Crippen LogP contribution in [0.1, 0.15) is 33.1 Å². The van der Waals surface area contributed by atoms with E-state index < -0.39 is 0 Å². The maximum absolute atomic E-state index is 5.29. The molecule has 12 heavy (non-hydrogen) atoms. The highest BCUT2D eigenvalue weighted by molar-refractivity contribution is 4.97. The van der Waals surface area contributed by atoms with Crippen molar-refractivity contribution in [1.29, 1.82) is 0 Å². The van der Waals surface area contributed by atoms with Crippen molar-refractivity contribution in [2.24, 2.45) is 0 Å². The molecule has 0 aliphatic rings. The molecule has 0 saturated heterocycles. The summed E-state index contributed by atoms with van der Waals surface area (Å²) in [5.74, 6) is 8.45. The fourth-order valence-electron chi connectivity index (χ4n) is 0.917. The lowest BCUT2D eigenvalue weighted by atomic mass is 10.1. The van der Waals surface area contributed by atoms with Crippen LogP contribution >= 0.6 is 0 Å². The van der Waals surface area contributed by atoms with E-state index in [4.69, 9.17) is 11.2 Å². The summed E-state index contributed by atoms with van der Waals surface area (Å²) in [7, 11) is 0.